The Labute approximate surface area is 135 Å². The van der Waals surface area contributed by atoms with E-state index in [9.17, 15) is 0 Å². The first-order valence-electron chi connectivity index (χ1n) is 7.29. The Bertz CT molecular complexity index is 580. The van der Waals surface area contributed by atoms with Gasteiger partial charge in [-0.2, -0.15) is 0 Å². The van der Waals surface area contributed by atoms with Crippen LogP contribution in [0.25, 0.3) is 0 Å². The van der Waals surface area contributed by atoms with Crippen molar-refractivity contribution in [1.29, 1.82) is 0 Å². The maximum Gasteiger partial charge on any atom is 0.120 e. The molecule has 2 aromatic carbocycles. The van der Waals surface area contributed by atoms with Crippen molar-refractivity contribution in [1.82, 2.24) is 5.32 Å². The largest absolute Gasteiger partial charge is 0.497 e. The maximum absolute atomic E-state index is 5.28. The number of hydrogen-bond acceptors (Lipinski definition) is 2. The van der Waals surface area contributed by atoms with Gasteiger partial charge in [-0.05, 0) is 43.1 Å². The molecule has 2 rings (SSSR count). The van der Waals surface area contributed by atoms with Gasteiger partial charge in [-0.15, -0.1) is 0 Å². The van der Waals surface area contributed by atoms with Gasteiger partial charge in [0.15, 0.2) is 0 Å². The van der Waals surface area contributed by atoms with Gasteiger partial charge in [-0.3, -0.25) is 0 Å². The van der Waals surface area contributed by atoms with Crippen LogP contribution in [-0.4, -0.2) is 13.7 Å². The Morgan fingerprint density at radius 2 is 1.86 bits per heavy atom. The molecule has 0 bridgehead atoms. The van der Waals surface area contributed by atoms with Crippen molar-refractivity contribution in [3.63, 3.8) is 0 Å². The number of ether oxygens (including phenoxy) is 1. The fourth-order valence-electron chi connectivity index (χ4n) is 2.32. The Morgan fingerprint density at radius 1 is 1.14 bits per heavy atom. The number of nitrogens with one attached hydrogen (secondary N) is 1. The average Bonchev–Trinajstić information content (AvgIpc) is 2.50. The molecule has 0 radical (unpaired) electrons. The third-order valence-electron chi connectivity index (χ3n) is 3.53. The van der Waals surface area contributed by atoms with Crippen molar-refractivity contribution in [2.45, 2.75) is 26.3 Å². The van der Waals surface area contributed by atoms with Crippen LogP contribution < -0.4 is 10.1 Å². The summed E-state index contributed by atoms with van der Waals surface area (Å²) in [6.45, 7) is 5.28. The summed E-state index contributed by atoms with van der Waals surface area (Å²) in [5.74, 6) is 0.865. The van der Waals surface area contributed by atoms with Crippen LogP contribution in [0.5, 0.6) is 5.75 Å². The third-order valence-corrected chi connectivity index (χ3v) is 4.21. The van der Waals surface area contributed by atoms with Crippen molar-refractivity contribution in [3.8, 4) is 5.75 Å². The minimum atomic E-state index is 0.186. The van der Waals surface area contributed by atoms with Crippen LogP contribution in [0.4, 0.5) is 0 Å². The second-order valence-corrected chi connectivity index (χ2v) is 6.04. The minimum Gasteiger partial charge on any atom is -0.497 e. The molecule has 3 heteroatoms. The van der Waals surface area contributed by atoms with E-state index in [1.54, 1.807) is 7.11 Å². The van der Waals surface area contributed by atoms with Gasteiger partial charge in [0.2, 0.25) is 0 Å². The fourth-order valence-corrected chi connectivity index (χ4v) is 2.91. The van der Waals surface area contributed by atoms with Crippen molar-refractivity contribution >= 4 is 15.9 Å². The zero-order valence-electron chi connectivity index (χ0n) is 12.8. The molecule has 1 unspecified atom stereocenters. The van der Waals surface area contributed by atoms with E-state index in [0.717, 1.165) is 23.2 Å². The molecule has 0 aromatic heterocycles. The van der Waals surface area contributed by atoms with Gasteiger partial charge >= 0.3 is 0 Å². The van der Waals surface area contributed by atoms with Crippen molar-refractivity contribution in [2.75, 3.05) is 13.7 Å². The molecule has 0 amide bonds. The van der Waals surface area contributed by atoms with Gasteiger partial charge in [-0.25, -0.2) is 0 Å². The van der Waals surface area contributed by atoms with Gasteiger partial charge in [-0.1, -0.05) is 58.7 Å². The molecular formula is C18H22BrNO. The molecule has 0 heterocycles. The lowest BCUT2D eigenvalue weighted by Crippen LogP contribution is -2.23. The van der Waals surface area contributed by atoms with Crippen LogP contribution in [0.2, 0.25) is 0 Å². The summed E-state index contributed by atoms with van der Waals surface area (Å²) in [5, 5.41) is 3.63. The number of rotatable bonds is 6. The van der Waals surface area contributed by atoms with E-state index in [0.29, 0.717) is 0 Å². The van der Waals surface area contributed by atoms with Crippen LogP contribution in [0.15, 0.2) is 46.9 Å². The molecule has 112 valence electrons. The molecule has 1 atom stereocenters. The summed E-state index contributed by atoms with van der Waals surface area (Å²) in [5.41, 5.74) is 3.79. The van der Waals surface area contributed by atoms with Crippen LogP contribution in [-0.2, 0) is 0 Å². The van der Waals surface area contributed by atoms with Crippen LogP contribution in [0.1, 0.15) is 36.1 Å². The van der Waals surface area contributed by atoms with E-state index in [-0.39, 0.29) is 6.04 Å². The molecular weight excluding hydrogens is 326 g/mol. The van der Waals surface area contributed by atoms with E-state index in [2.05, 4.69) is 65.4 Å². The molecule has 0 spiro atoms. The monoisotopic (exact) mass is 347 g/mol. The second kappa shape index (κ2) is 7.62. The third kappa shape index (κ3) is 4.08. The topological polar surface area (TPSA) is 21.3 Å². The Balaban J connectivity index is 2.37. The summed E-state index contributed by atoms with van der Waals surface area (Å²) in [7, 11) is 1.69. The van der Waals surface area contributed by atoms with Gasteiger partial charge < -0.3 is 10.1 Å². The van der Waals surface area contributed by atoms with Gasteiger partial charge in [0.1, 0.15) is 5.75 Å². The van der Waals surface area contributed by atoms with Crippen molar-refractivity contribution < 1.29 is 4.74 Å². The first kappa shape index (κ1) is 16.1. The lowest BCUT2D eigenvalue weighted by atomic mass is 9.97. The predicted molar refractivity (Wildman–Crippen MR) is 92.0 cm³/mol. The molecule has 21 heavy (non-hydrogen) atoms. The van der Waals surface area contributed by atoms with Gasteiger partial charge in [0.05, 0.1) is 13.2 Å². The second-order valence-electron chi connectivity index (χ2n) is 5.19. The molecule has 0 aliphatic rings. The number of halogens is 1. The summed E-state index contributed by atoms with van der Waals surface area (Å²) < 4.78 is 6.35. The molecule has 2 aromatic rings. The SMILES string of the molecule is CCCNC(c1ccc(C)cc1)c1ccc(OC)cc1Br. The Morgan fingerprint density at radius 3 is 2.43 bits per heavy atom. The number of aryl methyl sites for hydroxylation is 1. The highest BCUT2D eigenvalue weighted by molar-refractivity contribution is 9.10. The van der Waals surface area contributed by atoms with Gasteiger partial charge in [0.25, 0.3) is 0 Å². The quantitative estimate of drug-likeness (QED) is 0.805. The molecule has 2 nitrogen and oxygen atoms in total. The van der Waals surface area contributed by atoms with Crippen LogP contribution in [0, 0.1) is 6.92 Å². The molecule has 0 aliphatic carbocycles. The lowest BCUT2D eigenvalue weighted by molar-refractivity contribution is 0.414. The lowest BCUT2D eigenvalue weighted by Gasteiger charge is -2.21. The molecule has 1 N–H and O–H groups in total. The molecule has 0 aliphatic heterocycles. The number of hydrogen-bond donors (Lipinski definition) is 1. The highest BCUT2D eigenvalue weighted by Gasteiger charge is 2.16. The van der Waals surface area contributed by atoms with Crippen molar-refractivity contribution in [3.05, 3.63) is 63.6 Å². The van der Waals surface area contributed by atoms with Gasteiger partial charge in [0, 0.05) is 4.47 Å². The molecule has 0 saturated heterocycles. The summed E-state index contributed by atoms with van der Waals surface area (Å²) >= 11 is 3.67. The average molecular weight is 348 g/mol. The van der Waals surface area contributed by atoms with E-state index in [1.807, 2.05) is 12.1 Å². The predicted octanol–water partition coefficient (Wildman–Crippen LogP) is 4.86. The Hall–Kier alpha value is -1.32. The van der Waals surface area contributed by atoms with E-state index >= 15 is 0 Å². The summed E-state index contributed by atoms with van der Waals surface area (Å²) in [4.78, 5) is 0. The Kier molecular flexibility index (Phi) is 5.83. The van der Waals surface area contributed by atoms with Crippen molar-refractivity contribution in [2.24, 2.45) is 0 Å². The standard InChI is InChI=1S/C18H22BrNO/c1-4-11-20-18(14-7-5-13(2)6-8-14)16-10-9-15(21-3)12-17(16)19/h5-10,12,18,20H,4,11H2,1-3H3. The first-order chi connectivity index (χ1) is 10.2. The zero-order chi connectivity index (χ0) is 15.2. The zero-order valence-corrected chi connectivity index (χ0v) is 14.4. The number of benzene rings is 2. The summed E-state index contributed by atoms with van der Waals surface area (Å²) in [6.07, 6.45) is 1.11. The highest BCUT2D eigenvalue weighted by Crippen LogP contribution is 2.31. The molecule has 0 fully saturated rings. The molecule has 0 saturated carbocycles. The minimum absolute atomic E-state index is 0.186. The van der Waals surface area contributed by atoms with Crippen LogP contribution in [0.3, 0.4) is 0 Å². The maximum atomic E-state index is 5.28. The number of methoxy groups -OCH3 is 1. The van der Waals surface area contributed by atoms with E-state index < -0.39 is 0 Å². The van der Waals surface area contributed by atoms with Crippen LogP contribution >= 0.6 is 15.9 Å². The fraction of sp³-hybridized carbons (Fsp3) is 0.333. The van der Waals surface area contributed by atoms with E-state index in [1.165, 1.54) is 16.7 Å². The smallest absolute Gasteiger partial charge is 0.120 e. The van der Waals surface area contributed by atoms with E-state index in [4.69, 9.17) is 4.74 Å². The normalized spacial score (nSPS) is 12.2. The first-order valence-corrected chi connectivity index (χ1v) is 8.08. The highest BCUT2D eigenvalue weighted by atomic mass is 79.9. The summed E-state index contributed by atoms with van der Waals surface area (Å²) in [6, 6.07) is 15.0.